The molecule has 0 fully saturated rings. The number of nitrogens with zero attached hydrogens (tertiary/aromatic N) is 4. The third-order valence-corrected chi connectivity index (χ3v) is 5.35. The number of carboxylic acids is 4. The van der Waals surface area contributed by atoms with Gasteiger partial charge in [-0.05, 0) is 48.6 Å². The summed E-state index contributed by atoms with van der Waals surface area (Å²) in [6.07, 6.45) is 11.9. The molecular weight excluding hydrogens is 472 g/mol. The second kappa shape index (κ2) is 8.06. The summed E-state index contributed by atoms with van der Waals surface area (Å²) in [4.78, 5) is 65.3. The number of hydrogen-bond acceptors (Lipinski definition) is 8. The van der Waals surface area contributed by atoms with Gasteiger partial charge in [0.05, 0.1) is 51.2 Å². The maximum absolute atomic E-state index is 12.3. The largest absolute Gasteiger partial charge is 0.478 e. The average molecular weight is 484 g/mol. The molecule has 0 spiro atoms. The monoisotopic (exact) mass is 484 g/mol. The van der Waals surface area contributed by atoms with E-state index < -0.39 is 57.6 Å². The van der Waals surface area contributed by atoms with E-state index in [0.29, 0.717) is 17.1 Å². The normalized spacial score (nSPS) is 19.8. The van der Waals surface area contributed by atoms with E-state index in [9.17, 15) is 39.6 Å². The SMILES string of the molecule is O=C(O)C1=CC2=CC3=NC(=CC4=NC(=CC5=NC(=C(C(=O)O)C1=N2)C(C(=O)O)=C5C(=O)O)C=C4)C=C3. The van der Waals surface area contributed by atoms with Gasteiger partial charge >= 0.3 is 23.9 Å². The second-order valence-electron chi connectivity index (χ2n) is 7.66. The van der Waals surface area contributed by atoms with Crippen LogP contribution in [0, 0.1) is 0 Å². The number of rotatable bonds is 4. The smallest absolute Gasteiger partial charge is 0.340 e. The highest BCUT2D eigenvalue weighted by Gasteiger charge is 2.39. The first-order valence-corrected chi connectivity index (χ1v) is 10.1. The molecule has 0 radical (unpaired) electrons. The standard InChI is InChI=1S/C24H12N4O8/c29-21(30)14-7-13-6-11-2-1-9(25-11)5-10-3-4-12(26-10)8-15-16(22(31)32)17(23(33)34)20(28-15)18(24(35)36)19(14)27-13/h1-8H,(H,29,30)(H,31,32)(H,33,34)(H,35,36). The molecule has 5 rings (SSSR count). The van der Waals surface area contributed by atoms with Crippen LogP contribution in [0.25, 0.3) is 0 Å². The average Bonchev–Trinajstić information content (AvgIpc) is 3.56. The summed E-state index contributed by atoms with van der Waals surface area (Å²) in [6, 6.07) is 0. The number of carbonyl (C=O) groups is 4. The fraction of sp³-hybridized carbons (Fsp3) is 0. The van der Waals surface area contributed by atoms with Crippen molar-refractivity contribution in [1.82, 2.24) is 0 Å². The van der Waals surface area contributed by atoms with Crippen molar-refractivity contribution in [1.29, 1.82) is 0 Å². The van der Waals surface area contributed by atoms with Gasteiger partial charge in [0.1, 0.15) is 16.7 Å². The Morgan fingerprint density at radius 2 is 1.08 bits per heavy atom. The Hall–Kier alpha value is -5.52. The molecule has 0 aliphatic carbocycles. The van der Waals surface area contributed by atoms with Crippen LogP contribution < -0.4 is 0 Å². The topological polar surface area (TPSA) is 199 Å². The molecule has 0 saturated carbocycles. The van der Waals surface area contributed by atoms with E-state index in [1.807, 2.05) is 0 Å². The predicted molar refractivity (Wildman–Crippen MR) is 125 cm³/mol. The Labute approximate surface area is 200 Å². The lowest BCUT2D eigenvalue weighted by Gasteiger charge is -2.08. The minimum absolute atomic E-state index is 0.0419. The first kappa shape index (κ1) is 22.3. The summed E-state index contributed by atoms with van der Waals surface area (Å²) in [5.41, 5.74) is -3.13. The molecule has 0 aromatic carbocycles. The van der Waals surface area contributed by atoms with Gasteiger partial charge in [0.25, 0.3) is 0 Å². The van der Waals surface area contributed by atoms with Crippen LogP contribution in [0.2, 0.25) is 0 Å². The van der Waals surface area contributed by atoms with Crippen LogP contribution in [-0.4, -0.2) is 67.2 Å². The number of hydrogen-bond donors (Lipinski definition) is 4. The van der Waals surface area contributed by atoms with E-state index in [1.54, 1.807) is 24.3 Å². The lowest BCUT2D eigenvalue weighted by Crippen LogP contribution is -2.21. The highest BCUT2D eigenvalue weighted by atomic mass is 16.4. The Morgan fingerprint density at radius 3 is 1.64 bits per heavy atom. The first-order chi connectivity index (χ1) is 17.1. The van der Waals surface area contributed by atoms with Gasteiger partial charge in [-0.1, -0.05) is 0 Å². The van der Waals surface area contributed by atoms with E-state index in [-0.39, 0.29) is 17.1 Å². The number of aliphatic carboxylic acids is 4. The molecule has 0 unspecified atom stereocenters. The van der Waals surface area contributed by atoms with Gasteiger partial charge in [-0.15, -0.1) is 0 Å². The minimum atomic E-state index is -1.76. The van der Waals surface area contributed by atoms with Gasteiger partial charge in [-0.25, -0.2) is 39.1 Å². The zero-order chi connectivity index (χ0) is 25.7. The number of carboxylic acid groups (broad SMARTS) is 4. The molecule has 0 aromatic heterocycles. The summed E-state index contributed by atoms with van der Waals surface area (Å²) < 4.78 is 0. The summed E-state index contributed by atoms with van der Waals surface area (Å²) in [6.45, 7) is 0. The lowest BCUT2D eigenvalue weighted by molar-refractivity contribution is -0.135. The second-order valence-corrected chi connectivity index (χ2v) is 7.66. The molecule has 0 amide bonds. The predicted octanol–water partition coefficient (Wildman–Crippen LogP) is 1.40. The zero-order valence-electron chi connectivity index (χ0n) is 17.8. The minimum Gasteiger partial charge on any atom is -0.478 e. The molecule has 5 aliphatic rings. The number of fused-ring (bicyclic) bond motifs is 4. The van der Waals surface area contributed by atoms with Crippen molar-refractivity contribution < 1.29 is 39.6 Å². The van der Waals surface area contributed by atoms with Crippen molar-refractivity contribution in [2.75, 3.05) is 0 Å². The molecule has 5 heterocycles. The maximum atomic E-state index is 12.3. The highest BCUT2D eigenvalue weighted by molar-refractivity contribution is 6.38. The molecule has 176 valence electrons. The lowest BCUT2D eigenvalue weighted by atomic mass is 9.96. The van der Waals surface area contributed by atoms with Crippen molar-refractivity contribution in [2.24, 2.45) is 20.0 Å². The first-order valence-electron chi connectivity index (χ1n) is 10.1. The van der Waals surface area contributed by atoms with Crippen LogP contribution in [0.4, 0.5) is 0 Å². The molecule has 36 heavy (non-hydrogen) atoms. The van der Waals surface area contributed by atoms with Crippen LogP contribution in [0.5, 0.6) is 0 Å². The summed E-state index contributed by atoms with van der Waals surface area (Å²) in [7, 11) is 0. The van der Waals surface area contributed by atoms with Crippen molar-refractivity contribution in [3.63, 3.8) is 0 Å². The molecular formula is C24H12N4O8. The van der Waals surface area contributed by atoms with Gasteiger partial charge in [0.15, 0.2) is 0 Å². The summed E-state index contributed by atoms with van der Waals surface area (Å²) in [5, 5.41) is 39.3. The van der Waals surface area contributed by atoms with Crippen molar-refractivity contribution in [2.45, 2.75) is 0 Å². The van der Waals surface area contributed by atoms with E-state index in [2.05, 4.69) is 20.0 Å². The van der Waals surface area contributed by atoms with Gasteiger partial charge in [0, 0.05) is 0 Å². The number of aliphatic imine (C=N–C) groups is 4. The van der Waals surface area contributed by atoms with Gasteiger partial charge in [-0.3, -0.25) is 0 Å². The van der Waals surface area contributed by atoms with E-state index >= 15 is 0 Å². The zero-order valence-corrected chi connectivity index (χ0v) is 17.8. The molecule has 8 bridgehead atoms. The quantitative estimate of drug-likeness (QED) is 0.459. The van der Waals surface area contributed by atoms with Crippen LogP contribution in [0.1, 0.15) is 0 Å². The van der Waals surface area contributed by atoms with Gasteiger partial charge < -0.3 is 20.4 Å². The van der Waals surface area contributed by atoms with E-state index in [1.165, 1.54) is 18.2 Å². The molecule has 4 N–H and O–H groups in total. The Bertz CT molecular complexity index is 1610. The van der Waals surface area contributed by atoms with Crippen molar-refractivity contribution in [3.05, 3.63) is 93.7 Å². The maximum Gasteiger partial charge on any atom is 0.340 e. The van der Waals surface area contributed by atoms with Gasteiger partial charge in [0.2, 0.25) is 0 Å². The Morgan fingerprint density at radius 1 is 0.528 bits per heavy atom. The molecule has 0 saturated heterocycles. The van der Waals surface area contributed by atoms with Crippen LogP contribution in [0.3, 0.4) is 0 Å². The van der Waals surface area contributed by atoms with Crippen molar-refractivity contribution in [3.8, 4) is 0 Å². The molecule has 5 aliphatic heterocycles. The fourth-order valence-corrected chi connectivity index (χ4v) is 3.92. The van der Waals surface area contributed by atoms with Crippen LogP contribution in [-0.2, 0) is 19.2 Å². The Kier molecular flexibility index (Phi) is 4.99. The highest BCUT2D eigenvalue weighted by Crippen LogP contribution is 2.34. The molecule has 12 heteroatoms. The molecule has 0 aromatic rings. The molecule has 0 atom stereocenters. The summed E-state index contributed by atoms with van der Waals surface area (Å²) in [5.74, 6) is -6.71. The van der Waals surface area contributed by atoms with Crippen molar-refractivity contribution >= 4 is 46.7 Å². The van der Waals surface area contributed by atoms with Gasteiger partial charge in [-0.2, -0.15) is 0 Å². The number of allylic oxidation sites excluding steroid dienone is 8. The fourth-order valence-electron chi connectivity index (χ4n) is 3.92. The third-order valence-electron chi connectivity index (χ3n) is 5.35. The van der Waals surface area contributed by atoms with E-state index in [4.69, 9.17) is 0 Å². The van der Waals surface area contributed by atoms with E-state index in [0.717, 1.165) is 6.08 Å². The third kappa shape index (κ3) is 3.68. The summed E-state index contributed by atoms with van der Waals surface area (Å²) >= 11 is 0. The van der Waals surface area contributed by atoms with Crippen LogP contribution >= 0.6 is 0 Å². The Balaban J connectivity index is 1.88. The molecule has 12 nitrogen and oxygen atoms in total. The van der Waals surface area contributed by atoms with Crippen LogP contribution in [0.15, 0.2) is 114 Å².